The van der Waals surface area contributed by atoms with Crippen molar-refractivity contribution in [1.29, 1.82) is 0 Å². The summed E-state index contributed by atoms with van der Waals surface area (Å²) in [5.41, 5.74) is 1.39. The van der Waals surface area contributed by atoms with Gasteiger partial charge in [0.1, 0.15) is 12.1 Å². The molecule has 0 N–H and O–H groups in total. The first-order valence-corrected chi connectivity index (χ1v) is 10.1. The molecule has 0 amide bonds. The molecule has 0 aliphatic carbocycles. The second kappa shape index (κ2) is 9.14. The largest absolute Gasteiger partial charge is 0.349 e. The van der Waals surface area contributed by atoms with Crippen molar-refractivity contribution in [2.75, 3.05) is 37.3 Å². The van der Waals surface area contributed by atoms with E-state index in [4.69, 9.17) is 0 Å². The normalized spacial score (nSPS) is 15.1. The van der Waals surface area contributed by atoms with Gasteiger partial charge < -0.3 is 14.3 Å². The van der Waals surface area contributed by atoms with Crippen LogP contribution in [0.2, 0.25) is 0 Å². The number of aromatic nitrogens is 2. The molecule has 0 unspecified atom stereocenters. The highest BCUT2D eigenvalue weighted by atomic mass is 32.2. The van der Waals surface area contributed by atoms with Gasteiger partial charge in [-0.05, 0) is 30.4 Å². The van der Waals surface area contributed by atoms with Crippen LogP contribution in [-0.2, 0) is 17.8 Å². The summed E-state index contributed by atoms with van der Waals surface area (Å²) in [7, 11) is 0. The molecule has 6 nitrogen and oxygen atoms in total. The Morgan fingerprint density at radius 1 is 1.19 bits per heavy atom. The molecule has 0 atom stereocenters. The Morgan fingerprint density at radius 2 is 1.89 bits per heavy atom. The van der Waals surface area contributed by atoms with Crippen LogP contribution in [0.1, 0.15) is 17.7 Å². The van der Waals surface area contributed by atoms with Crippen molar-refractivity contribution in [3.63, 3.8) is 0 Å². The van der Waals surface area contributed by atoms with Crippen LogP contribution in [0.25, 0.3) is 0 Å². The minimum Gasteiger partial charge on any atom is -0.349 e. The maximum Gasteiger partial charge on any atom is 0.293 e. The van der Waals surface area contributed by atoms with E-state index < -0.39 is 0 Å². The molecular weight excluding hydrogens is 367 g/mol. The van der Waals surface area contributed by atoms with Crippen LogP contribution < -0.4 is 10.5 Å². The van der Waals surface area contributed by atoms with Gasteiger partial charge in [0.2, 0.25) is 0 Å². The van der Waals surface area contributed by atoms with Crippen LogP contribution in [0.3, 0.4) is 0 Å². The number of halogens is 1. The van der Waals surface area contributed by atoms with Crippen LogP contribution in [0.15, 0.2) is 35.3 Å². The standard InChI is InChI=1S/C19H23FN4O2S/c1-27-24-10-8-22(9-11-24)18-19(26)23(14-17(21-18)3-2-12-25)13-15-4-6-16(20)7-5-15/h4-7,12,14H,2-3,8-11,13H2,1H3. The molecule has 0 spiro atoms. The van der Waals surface area contributed by atoms with Crippen molar-refractivity contribution < 1.29 is 9.18 Å². The minimum absolute atomic E-state index is 0.160. The highest BCUT2D eigenvalue weighted by molar-refractivity contribution is 7.96. The van der Waals surface area contributed by atoms with Crippen LogP contribution >= 0.6 is 11.9 Å². The molecule has 0 saturated carbocycles. The van der Waals surface area contributed by atoms with Crippen molar-refractivity contribution >= 4 is 24.1 Å². The molecule has 0 radical (unpaired) electrons. The predicted molar refractivity (Wildman–Crippen MR) is 106 cm³/mol. The van der Waals surface area contributed by atoms with Gasteiger partial charge in [-0.1, -0.05) is 24.1 Å². The molecule has 1 fully saturated rings. The fourth-order valence-electron chi connectivity index (χ4n) is 3.10. The van der Waals surface area contributed by atoms with E-state index in [1.54, 1.807) is 34.8 Å². The zero-order chi connectivity index (χ0) is 19.2. The van der Waals surface area contributed by atoms with Gasteiger partial charge in [0.25, 0.3) is 5.56 Å². The number of nitrogens with zero attached hydrogens (tertiary/aromatic N) is 4. The minimum atomic E-state index is -0.306. The Hall–Kier alpha value is -2.19. The van der Waals surface area contributed by atoms with E-state index in [0.29, 0.717) is 30.9 Å². The molecule has 1 aliphatic heterocycles. The molecule has 2 aromatic rings. The summed E-state index contributed by atoms with van der Waals surface area (Å²) in [4.78, 5) is 30.3. The Bertz CT molecular complexity index is 833. The van der Waals surface area contributed by atoms with Crippen molar-refractivity contribution in [2.24, 2.45) is 0 Å². The monoisotopic (exact) mass is 390 g/mol. The topological polar surface area (TPSA) is 58.4 Å². The first-order chi connectivity index (χ1) is 13.1. The zero-order valence-corrected chi connectivity index (χ0v) is 16.1. The molecule has 3 rings (SSSR count). The Balaban J connectivity index is 1.90. The van der Waals surface area contributed by atoms with Crippen LogP contribution in [-0.4, -0.2) is 52.6 Å². The molecule has 1 aromatic carbocycles. The number of aldehydes is 1. The van der Waals surface area contributed by atoms with E-state index in [9.17, 15) is 14.0 Å². The van der Waals surface area contributed by atoms with E-state index in [-0.39, 0.29) is 11.4 Å². The van der Waals surface area contributed by atoms with Gasteiger partial charge in [-0.2, -0.15) is 0 Å². The van der Waals surface area contributed by atoms with Crippen molar-refractivity contribution in [3.8, 4) is 0 Å². The summed E-state index contributed by atoms with van der Waals surface area (Å²) >= 11 is 1.70. The molecule has 27 heavy (non-hydrogen) atoms. The van der Waals surface area contributed by atoms with Crippen molar-refractivity contribution in [2.45, 2.75) is 19.4 Å². The fraction of sp³-hybridized carbons (Fsp3) is 0.421. The number of hydrogen-bond donors (Lipinski definition) is 0. The van der Waals surface area contributed by atoms with Gasteiger partial charge in [0.15, 0.2) is 5.82 Å². The number of aryl methyl sites for hydroxylation is 1. The molecule has 0 bridgehead atoms. The van der Waals surface area contributed by atoms with Gasteiger partial charge in [-0.3, -0.25) is 4.79 Å². The van der Waals surface area contributed by atoms with Gasteiger partial charge in [-0.25, -0.2) is 13.7 Å². The lowest BCUT2D eigenvalue weighted by Crippen LogP contribution is -2.46. The summed E-state index contributed by atoms with van der Waals surface area (Å²) in [6.07, 6.45) is 5.46. The highest BCUT2D eigenvalue weighted by Crippen LogP contribution is 2.15. The summed E-state index contributed by atoms with van der Waals surface area (Å²) in [6.45, 7) is 3.53. The smallest absolute Gasteiger partial charge is 0.293 e. The average molecular weight is 390 g/mol. The Kier molecular flexibility index (Phi) is 6.63. The van der Waals surface area contributed by atoms with E-state index in [0.717, 1.165) is 38.0 Å². The van der Waals surface area contributed by atoms with Crippen LogP contribution in [0.5, 0.6) is 0 Å². The number of carbonyl (C=O) groups is 1. The highest BCUT2D eigenvalue weighted by Gasteiger charge is 2.21. The van der Waals surface area contributed by atoms with Crippen LogP contribution in [0, 0.1) is 5.82 Å². The van der Waals surface area contributed by atoms with E-state index >= 15 is 0 Å². The first-order valence-electron chi connectivity index (χ1n) is 8.93. The third kappa shape index (κ3) is 4.95. The first kappa shape index (κ1) is 19.6. The maximum absolute atomic E-state index is 13.2. The van der Waals surface area contributed by atoms with Gasteiger partial charge in [0.05, 0.1) is 12.2 Å². The number of anilines is 1. The van der Waals surface area contributed by atoms with E-state index in [1.165, 1.54) is 12.1 Å². The molecular formula is C19H23FN4O2S. The summed E-state index contributed by atoms with van der Waals surface area (Å²) < 4.78 is 17.0. The zero-order valence-electron chi connectivity index (χ0n) is 15.3. The quantitative estimate of drug-likeness (QED) is 0.532. The average Bonchev–Trinajstić information content (AvgIpc) is 2.70. The van der Waals surface area contributed by atoms with E-state index in [2.05, 4.69) is 9.29 Å². The second-order valence-corrected chi connectivity index (χ2v) is 7.30. The molecule has 144 valence electrons. The SMILES string of the molecule is CSN1CCN(c2nc(CCC=O)cn(Cc3ccc(F)cc3)c2=O)CC1. The Labute approximate surface area is 162 Å². The lowest BCUT2D eigenvalue weighted by atomic mass is 10.2. The summed E-state index contributed by atoms with van der Waals surface area (Å²) in [5.74, 6) is 0.126. The Morgan fingerprint density at radius 3 is 2.52 bits per heavy atom. The third-order valence-electron chi connectivity index (χ3n) is 4.59. The number of rotatable bonds is 7. The number of hydrogen-bond acceptors (Lipinski definition) is 6. The number of benzene rings is 1. The molecule has 1 saturated heterocycles. The van der Waals surface area contributed by atoms with Gasteiger partial charge >= 0.3 is 0 Å². The molecule has 1 aliphatic rings. The number of piperazine rings is 1. The van der Waals surface area contributed by atoms with Crippen molar-refractivity contribution in [3.05, 3.63) is 57.9 Å². The van der Waals surface area contributed by atoms with E-state index in [1.807, 2.05) is 11.2 Å². The molecule has 2 heterocycles. The molecule has 1 aromatic heterocycles. The summed E-state index contributed by atoms with van der Waals surface area (Å²) in [6, 6.07) is 6.11. The number of carbonyl (C=O) groups excluding carboxylic acids is 1. The third-order valence-corrected chi connectivity index (χ3v) is 5.47. The lowest BCUT2D eigenvalue weighted by Gasteiger charge is -2.33. The van der Waals surface area contributed by atoms with Gasteiger partial charge in [0, 0.05) is 38.8 Å². The van der Waals surface area contributed by atoms with Gasteiger partial charge in [-0.15, -0.1) is 0 Å². The predicted octanol–water partition coefficient (Wildman–Crippen LogP) is 1.96. The van der Waals surface area contributed by atoms with Crippen LogP contribution in [0.4, 0.5) is 10.2 Å². The second-order valence-electron chi connectivity index (χ2n) is 6.42. The molecule has 8 heteroatoms. The summed E-state index contributed by atoms with van der Waals surface area (Å²) in [5, 5.41) is 0. The van der Waals surface area contributed by atoms with Crippen molar-refractivity contribution in [1.82, 2.24) is 13.9 Å². The maximum atomic E-state index is 13.2. The lowest BCUT2D eigenvalue weighted by molar-refractivity contribution is -0.107. The fourth-order valence-corrected chi connectivity index (χ4v) is 3.63.